The number of thioether (sulfide) groups is 1. The van der Waals surface area contributed by atoms with Gasteiger partial charge in [-0.3, -0.25) is 4.79 Å². The fourth-order valence-corrected chi connectivity index (χ4v) is 3.42. The van der Waals surface area contributed by atoms with Gasteiger partial charge in [0.2, 0.25) is 0 Å². The fourth-order valence-electron chi connectivity index (χ4n) is 2.59. The van der Waals surface area contributed by atoms with E-state index in [2.05, 4.69) is 19.2 Å². The quantitative estimate of drug-likeness (QED) is 0.831. The standard InChI is InChI=1S/C18H27N3O2S/c1-4-9-19-18(23)21-12-10-20(11-13-21)17(22)15-5-7-16(8-6-15)24-14(2)3/h5-8,14H,4,9-13H2,1-3H3,(H,19,23). The van der Waals surface area contributed by atoms with Crippen LogP contribution in [0.4, 0.5) is 4.79 Å². The topological polar surface area (TPSA) is 52.7 Å². The van der Waals surface area contributed by atoms with E-state index in [9.17, 15) is 9.59 Å². The Balaban J connectivity index is 1.87. The molecule has 6 heteroatoms. The first-order chi connectivity index (χ1) is 11.5. The Bertz CT molecular complexity index is 552. The van der Waals surface area contributed by atoms with Crippen molar-refractivity contribution in [2.24, 2.45) is 0 Å². The summed E-state index contributed by atoms with van der Waals surface area (Å²) in [5, 5.41) is 3.41. The molecular formula is C18H27N3O2S. The van der Waals surface area contributed by atoms with E-state index < -0.39 is 0 Å². The minimum atomic E-state index is -0.0287. The molecule has 1 N–H and O–H groups in total. The van der Waals surface area contributed by atoms with Crippen molar-refractivity contribution >= 4 is 23.7 Å². The third-order valence-corrected chi connectivity index (χ3v) is 4.87. The van der Waals surface area contributed by atoms with Gasteiger partial charge in [-0.15, -0.1) is 11.8 Å². The molecule has 1 aliphatic heterocycles. The Hall–Kier alpha value is -1.69. The Morgan fingerprint density at radius 3 is 2.21 bits per heavy atom. The molecule has 5 nitrogen and oxygen atoms in total. The molecule has 1 aromatic rings. The highest BCUT2D eigenvalue weighted by molar-refractivity contribution is 7.99. The molecule has 0 aliphatic carbocycles. The highest BCUT2D eigenvalue weighted by Gasteiger charge is 2.24. The average molecular weight is 350 g/mol. The van der Waals surface area contributed by atoms with E-state index in [4.69, 9.17) is 0 Å². The number of hydrogen-bond donors (Lipinski definition) is 1. The zero-order valence-electron chi connectivity index (χ0n) is 14.7. The van der Waals surface area contributed by atoms with Crippen LogP contribution in [0.1, 0.15) is 37.6 Å². The first-order valence-electron chi connectivity index (χ1n) is 8.60. The first kappa shape index (κ1) is 18.6. The molecule has 0 aromatic heterocycles. The molecule has 132 valence electrons. The van der Waals surface area contributed by atoms with E-state index >= 15 is 0 Å². The van der Waals surface area contributed by atoms with Crippen molar-refractivity contribution in [3.05, 3.63) is 29.8 Å². The third kappa shape index (κ3) is 5.16. The van der Waals surface area contributed by atoms with E-state index in [-0.39, 0.29) is 11.9 Å². The van der Waals surface area contributed by atoms with Crippen LogP contribution in [0.2, 0.25) is 0 Å². The molecule has 24 heavy (non-hydrogen) atoms. The summed E-state index contributed by atoms with van der Waals surface area (Å²) in [6.45, 7) is 9.37. The minimum absolute atomic E-state index is 0.0287. The second-order valence-corrected chi connectivity index (χ2v) is 7.85. The van der Waals surface area contributed by atoms with E-state index in [1.807, 2.05) is 36.1 Å². The van der Waals surface area contributed by atoms with E-state index in [0.29, 0.717) is 43.5 Å². The van der Waals surface area contributed by atoms with Crippen molar-refractivity contribution in [3.8, 4) is 0 Å². The van der Waals surface area contributed by atoms with Crippen molar-refractivity contribution in [2.45, 2.75) is 37.3 Å². The molecule has 0 atom stereocenters. The smallest absolute Gasteiger partial charge is 0.317 e. The first-order valence-corrected chi connectivity index (χ1v) is 9.48. The summed E-state index contributed by atoms with van der Waals surface area (Å²) in [5.74, 6) is 0.0460. The van der Waals surface area contributed by atoms with Crippen molar-refractivity contribution in [2.75, 3.05) is 32.7 Å². The number of benzene rings is 1. The maximum atomic E-state index is 12.6. The lowest BCUT2D eigenvalue weighted by Gasteiger charge is -2.34. The molecule has 1 aromatic carbocycles. The summed E-state index contributed by atoms with van der Waals surface area (Å²) in [7, 11) is 0. The second-order valence-electron chi connectivity index (χ2n) is 6.20. The van der Waals surface area contributed by atoms with Gasteiger partial charge in [0.05, 0.1) is 0 Å². The highest BCUT2D eigenvalue weighted by atomic mass is 32.2. The molecular weight excluding hydrogens is 322 g/mol. The molecule has 0 unspecified atom stereocenters. The van der Waals surface area contributed by atoms with Crippen molar-refractivity contribution < 1.29 is 9.59 Å². The molecule has 3 amide bonds. The molecule has 1 aliphatic rings. The van der Waals surface area contributed by atoms with Crippen LogP contribution in [0, 0.1) is 0 Å². The van der Waals surface area contributed by atoms with Crippen LogP contribution in [-0.4, -0.2) is 59.7 Å². The molecule has 1 saturated heterocycles. The van der Waals surface area contributed by atoms with Crippen molar-refractivity contribution in [1.82, 2.24) is 15.1 Å². The Kier molecular flexibility index (Phi) is 6.97. The van der Waals surface area contributed by atoms with Gasteiger partial charge in [0.1, 0.15) is 0 Å². The lowest BCUT2D eigenvalue weighted by atomic mass is 10.2. The largest absolute Gasteiger partial charge is 0.338 e. The van der Waals surface area contributed by atoms with Crippen LogP contribution in [-0.2, 0) is 0 Å². The van der Waals surface area contributed by atoms with Crippen LogP contribution >= 0.6 is 11.8 Å². The lowest BCUT2D eigenvalue weighted by Crippen LogP contribution is -2.53. The Morgan fingerprint density at radius 2 is 1.67 bits per heavy atom. The molecule has 1 fully saturated rings. The van der Waals surface area contributed by atoms with E-state index in [1.165, 1.54) is 4.90 Å². The minimum Gasteiger partial charge on any atom is -0.338 e. The zero-order chi connectivity index (χ0) is 17.5. The number of urea groups is 1. The predicted molar refractivity (Wildman–Crippen MR) is 98.6 cm³/mol. The highest BCUT2D eigenvalue weighted by Crippen LogP contribution is 2.23. The average Bonchev–Trinajstić information content (AvgIpc) is 2.59. The van der Waals surface area contributed by atoms with Gasteiger partial charge in [-0.1, -0.05) is 20.8 Å². The zero-order valence-corrected chi connectivity index (χ0v) is 15.6. The van der Waals surface area contributed by atoms with Crippen LogP contribution < -0.4 is 5.32 Å². The van der Waals surface area contributed by atoms with Gasteiger partial charge >= 0.3 is 6.03 Å². The van der Waals surface area contributed by atoms with Gasteiger partial charge in [0, 0.05) is 48.4 Å². The normalized spacial score (nSPS) is 14.8. The number of carbonyl (C=O) groups is 2. The van der Waals surface area contributed by atoms with Gasteiger partial charge in [-0.2, -0.15) is 0 Å². The van der Waals surface area contributed by atoms with Gasteiger partial charge < -0.3 is 15.1 Å². The van der Waals surface area contributed by atoms with Gasteiger partial charge in [-0.25, -0.2) is 4.79 Å². The summed E-state index contributed by atoms with van der Waals surface area (Å²) in [5.41, 5.74) is 0.715. The number of nitrogens with one attached hydrogen (secondary N) is 1. The van der Waals surface area contributed by atoms with Gasteiger partial charge in [-0.05, 0) is 30.7 Å². The van der Waals surface area contributed by atoms with Gasteiger partial charge in [0.15, 0.2) is 0 Å². The van der Waals surface area contributed by atoms with E-state index in [0.717, 1.165) is 6.42 Å². The predicted octanol–water partition coefficient (Wildman–Crippen LogP) is 3.06. The molecule has 0 radical (unpaired) electrons. The number of carbonyl (C=O) groups excluding carboxylic acids is 2. The molecule has 0 spiro atoms. The molecule has 0 bridgehead atoms. The second kappa shape index (κ2) is 8.97. The number of piperazine rings is 1. The monoisotopic (exact) mass is 349 g/mol. The van der Waals surface area contributed by atoms with Crippen molar-refractivity contribution in [3.63, 3.8) is 0 Å². The number of amides is 3. The van der Waals surface area contributed by atoms with E-state index in [1.54, 1.807) is 16.7 Å². The number of nitrogens with zero attached hydrogens (tertiary/aromatic N) is 2. The van der Waals surface area contributed by atoms with Gasteiger partial charge in [0.25, 0.3) is 5.91 Å². The number of rotatable bonds is 5. The summed E-state index contributed by atoms with van der Waals surface area (Å²) >= 11 is 1.79. The molecule has 2 rings (SSSR count). The van der Waals surface area contributed by atoms with Crippen molar-refractivity contribution in [1.29, 1.82) is 0 Å². The third-order valence-electron chi connectivity index (χ3n) is 3.85. The molecule has 0 saturated carbocycles. The summed E-state index contributed by atoms with van der Waals surface area (Å²) in [4.78, 5) is 29.3. The van der Waals surface area contributed by atoms with Crippen LogP contribution in [0.15, 0.2) is 29.2 Å². The lowest BCUT2D eigenvalue weighted by molar-refractivity contribution is 0.0665. The van der Waals surface area contributed by atoms with Crippen LogP contribution in [0.5, 0.6) is 0 Å². The Labute approximate surface area is 148 Å². The molecule has 1 heterocycles. The maximum Gasteiger partial charge on any atom is 0.317 e. The summed E-state index contributed by atoms with van der Waals surface area (Å²) in [6, 6.07) is 7.78. The van der Waals surface area contributed by atoms with Crippen LogP contribution in [0.25, 0.3) is 0 Å². The SMILES string of the molecule is CCCNC(=O)N1CCN(C(=O)c2ccc(SC(C)C)cc2)CC1. The Morgan fingerprint density at radius 1 is 1.08 bits per heavy atom. The fraction of sp³-hybridized carbons (Fsp3) is 0.556. The summed E-state index contributed by atoms with van der Waals surface area (Å²) < 4.78 is 0. The maximum absolute atomic E-state index is 12.6. The number of hydrogen-bond acceptors (Lipinski definition) is 3. The van der Waals surface area contributed by atoms with Crippen LogP contribution in [0.3, 0.4) is 0 Å². The summed E-state index contributed by atoms with van der Waals surface area (Å²) in [6.07, 6.45) is 0.926.